The van der Waals surface area contributed by atoms with E-state index in [4.69, 9.17) is 18.9 Å². The van der Waals surface area contributed by atoms with Crippen LogP contribution >= 0.6 is 0 Å². The Morgan fingerprint density at radius 1 is 0.667 bits per heavy atom. The molecule has 3 rings (SSSR count). The lowest BCUT2D eigenvalue weighted by Crippen LogP contribution is -2.46. The molecule has 0 saturated heterocycles. The van der Waals surface area contributed by atoms with Gasteiger partial charge in [0.05, 0.1) is 28.4 Å². The van der Waals surface area contributed by atoms with Gasteiger partial charge in [-0.25, -0.2) is 0 Å². The number of ether oxygens (including phenoxy) is 4. The molecule has 0 saturated carbocycles. The Bertz CT molecular complexity index is 1140. The second-order valence-electron chi connectivity index (χ2n) is 8.60. The van der Waals surface area contributed by atoms with Gasteiger partial charge in [0.1, 0.15) is 0 Å². The lowest BCUT2D eigenvalue weighted by Gasteiger charge is -2.34. The van der Waals surface area contributed by atoms with Gasteiger partial charge in [-0.3, -0.25) is 24.2 Å². The van der Waals surface area contributed by atoms with Gasteiger partial charge in [-0.15, -0.1) is 0 Å². The molecule has 0 atom stereocenters. The number of pyridine rings is 1. The minimum Gasteiger partial charge on any atom is -0.468 e. The van der Waals surface area contributed by atoms with E-state index in [1.165, 1.54) is 28.4 Å². The van der Waals surface area contributed by atoms with Gasteiger partial charge < -0.3 is 18.9 Å². The summed E-state index contributed by atoms with van der Waals surface area (Å²) >= 11 is 0. The second kappa shape index (κ2) is 11.2. The van der Waals surface area contributed by atoms with Crippen molar-refractivity contribution in [3.8, 4) is 0 Å². The van der Waals surface area contributed by atoms with Crippen LogP contribution in [0.5, 0.6) is 0 Å². The normalized spacial score (nSPS) is 17.8. The Labute approximate surface area is 209 Å². The van der Waals surface area contributed by atoms with Crippen molar-refractivity contribution < 1.29 is 38.1 Å². The van der Waals surface area contributed by atoms with E-state index in [0.717, 1.165) is 0 Å². The molecule has 1 aliphatic rings. The lowest BCUT2D eigenvalue weighted by molar-refractivity contribution is -0.171. The number of aromatic nitrogens is 1. The highest BCUT2D eigenvalue weighted by atomic mass is 16.6. The van der Waals surface area contributed by atoms with Crippen LogP contribution < -0.4 is 0 Å². The zero-order valence-electron chi connectivity index (χ0n) is 20.7. The molecule has 1 aromatic carbocycles. The number of rotatable bonds is 5. The molecule has 9 nitrogen and oxygen atoms in total. The van der Waals surface area contributed by atoms with Gasteiger partial charge in [-0.05, 0) is 60.1 Å². The van der Waals surface area contributed by atoms with Crippen molar-refractivity contribution in [2.24, 2.45) is 10.8 Å². The number of methoxy groups -OCH3 is 4. The van der Waals surface area contributed by atoms with Crippen molar-refractivity contribution in [3.63, 3.8) is 0 Å². The molecule has 36 heavy (non-hydrogen) atoms. The molecule has 0 radical (unpaired) electrons. The number of fused-ring (bicyclic) bond motifs is 1. The molecule has 0 N–H and O–H groups in total. The highest BCUT2D eigenvalue weighted by Gasteiger charge is 2.52. The molecule has 1 heterocycles. The van der Waals surface area contributed by atoms with E-state index >= 15 is 0 Å². The molecule has 0 spiro atoms. The minimum absolute atomic E-state index is 0.0684. The zero-order chi connectivity index (χ0) is 26.3. The summed E-state index contributed by atoms with van der Waals surface area (Å²) in [6, 6.07) is 10.4. The minimum atomic E-state index is -1.72. The third-order valence-electron chi connectivity index (χ3n) is 6.65. The summed E-state index contributed by atoms with van der Waals surface area (Å²) in [5, 5.41) is 0. The number of hydrogen-bond acceptors (Lipinski definition) is 9. The van der Waals surface area contributed by atoms with E-state index in [9.17, 15) is 19.2 Å². The quantitative estimate of drug-likeness (QED) is 0.350. The summed E-state index contributed by atoms with van der Waals surface area (Å²) in [5.74, 6) is -3.00. The predicted molar refractivity (Wildman–Crippen MR) is 128 cm³/mol. The molecule has 9 heteroatoms. The average molecular weight is 496 g/mol. The largest absolute Gasteiger partial charge is 0.468 e. The van der Waals surface area contributed by atoms with Crippen LogP contribution in [0.15, 0.2) is 54.9 Å². The summed E-state index contributed by atoms with van der Waals surface area (Å²) in [7, 11) is 4.86. The van der Waals surface area contributed by atoms with E-state index in [2.05, 4.69) is 4.98 Å². The molecule has 1 aromatic heterocycles. The number of hydrogen-bond donors (Lipinski definition) is 0. The van der Waals surface area contributed by atoms with Crippen LogP contribution in [0.2, 0.25) is 0 Å². The van der Waals surface area contributed by atoms with Crippen LogP contribution in [-0.2, 0) is 51.0 Å². The SMILES string of the molecule is COC(=O)C1(C(=O)OC)C/C=C(/c2ccncc2)CC(C(=O)OC)(C(=O)OC)Cc2ccccc2C1. The van der Waals surface area contributed by atoms with Crippen molar-refractivity contribution in [3.05, 3.63) is 71.6 Å². The fraction of sp³-hybridized carbons (Fsp3) is 0.370. The molecule has 2 aromatic rings. The van der Waals surface area contributed by atoms with E-state index in [0.29, 0.717) is 22.3 Å². The van der Waals surface area contributed by atoms with Gasteiger partial charge in [0, 0.05) is 12.4 Å². The molecule has 0 bridgehead atoms. The van der Waals surface area contributed by atoms with Crippen molar-refractivity contribution in [2.75, 3.05) is 28.4 Å². The number of nitrogens with zero attached hydrogens (tertiary/aromatic N) is 1. The Hall–Kier alpha value is -4.01. The van der Waals surface area contributed by atoms with Crippen LogP contribution in [0, 0.1) is 10.8 Å². The molecule has 0 unspecified atom stereocenters. The van der Waals surface area contributed by atoms with Crippen LogP contribution in [0.1, 0.15) is 29.5 Å². The van der Waals surface area contributed by atoms with Gasteiger partial charge in [-0.2, -0.15) is 0 Å². The zero-order valence-corrected chi connectivity index (χ0v) is 20.7. The molecule has 0 amide bonds. The number of esters is 4. The molecular formula is C27H29NO8. The number of allylic oxidation sites excluding steroid dienone is 2. The fourth-order valence-electron chi connectivity index (χ4n) is 4.72. The van der Waals surface area contributed by atoms with Crippen LogP contribution in [0.4, 0.5) is 0 Å². The average Bonchev–Trinajstić information content (AvgIpc) is 2.93. The smallest absolute Gasteiger partial charge is 0.323 e. The van der Waals surface area contributed by atoms with Crippen molar-refractivity contribution in [1.82, 2.24) is 4.98 Å². The van der Waals surface area contributed by atoms with E-state index in [1.54, 1.807) is 54.9 Å². The highest BCUT2D eigenvalue weighted by molar-refractivity contribution is 6.03. The second-order valence-corrected chi connectivity index (χ2v) is 8.60. The third kappa shape index (κ3) is 4.86. The summed E-state index contributed by atoms with van der Waals surface area (Å²) in [5.41, 5.74) is -1.04. The first-order valence-corrected chi connectivity index (χ1v) is 11.3. The lowest BCUT2D eigenvalue weighted by atomic mass is 9.70. The number of carbonyl (C=O) groups is 4. The molecule has 0 fully saturated rings. The van der Waals surface area contributed by atoms with Gasteiger partial charge >= 0.3 is 23.9 Å². The highest BCUT2D eigenvalue weighted by Crippen LogP contribution is 2.42. The van der Waals surface area contributed by atoms with Crippen molar-refractivity contribution in [1.29, 1.82) is 0 Å². The van der Waals surface area contributed by atoms with Crippen LogP contribution in [0.25, 0.3) is 5.57 Å². The monoisotopic (exact) mass is 495 g/mol. The number of carbonyl (C=O) groups excluding carboxylic acids is 4. The van der Waals surface area contributed by atoms with E-state index < -0.39 is 34.7 Å². The van der Waals surface area contributed by atoms with Crippen molar-refractivity contribution >= 4 is 29.5 Å². The molecule has 1 aliphatic carbocycles. The Kier molecular flexibility index (Phi) is 8.24. The van der Waals surface area contributed by atoms with Gasteiger partial charge in [0.15, 0.2) is 10.8 Å². The Morgan fingerprint density at radius 3 is 1.58 bits per heavy atom. The van der Waals surface area contributed by atoms with Crippen molar-refractivity contribution in [2.45, 2.75) is 25.7 Å². The van der Waals surface area contributed by atoms with Gasteiger partial charge in [0.25, 0.3) is 0 Å². The van der Waals surface area contributed by atoms with E-state index in [1.807, 2.05) is 0 Å². The summed E-state index contributed by atoms with van der Waals surface area (Å²) < 4.78 is 20.3. The Morgan fingerprint density at radius 2 is 1.11 bits per heavy atom. The standard InChI is InChI=1S/C27H29NO8/c1-33-22(29)26(23(30)34-2)12-9-21(18-10-13-28-14-11-18)17-27(24(31)35-3,25(32)36-4)16-20-8-6-5-7-19(20)15-26/h5-11,13-14H,12,15-17H2,1-4H3/b21-9+. The molecule has 0 aliphatic heterocycles. The third-order valence-corrected chi connectivity index (χ3v) is 6.65. The maximum Gasteiger partial charge on any atom is 0.323 e. The summed E-state index contributed by atoms with van der Waals surface area (Å²) in [4.78, 5) is 56.8. The van der Waals surface area contributed by atoms with Crippen LogP contribution in [0.3, 0.4) is 0 Å². The topological polar surface area (TPSA) is 118 Å². The van der Waals surface area contributed by atoms with Gasteiger partial charge in [-0.1, -0.05) is 30.3 Å². The maximum absolute atomic E-state index is 13.3. The van der Waals surface area contributed by atoms with Gasteiger partial charge in [0.2, 0.25) is 0 Å². The van der Waals surface area contributed by atoms with Crippen LogP contribution in [-0.4, -0.2) is 57.3 Å². The molecule has 190 valence electrons. The first-order valence-electron chi connectivity index (χ1n) is 11.3. The fourth-order valence-corrected chi connectivity index (χ4v) is 4.72. The summed E-state index contributed by atoms with van der Waals surface area (Å²) in [6.45, 7) is 0. The Balaban J connectivity index is 2.36. The first-order chi connectivity index (χ1) is 17.3. The first kappa shape index (κ1) is 26.6. The summed E-state index contributed by atoms with van der Waals surface area (Å²) in [6.07, 6.45) is 4.44. The maximum atomic E-state index is 13.3. The number of benzene rings is 1. The predicted octanol–water partition coefficient (Wildman–Crippen LogP) is 2.71. The van der Waals surface area contributed by atoms with E-state index in [-0.39, 0.29) is 25.7 Å². The molecular weight excluding hydrogens is 466 g/mol.